The molecule has 0 saturated carbocycles. The maximum Gasteiger partial charge on any atom is 0.189 e. The number of rotatable bonds is 3. The lowest BCUT2D eigenvalue weighted by atomic mass is 10.00. The first kappa shape index (κ1) is 13.6. The zero-order chi connectivity index (χ0) is 15.0. The van der Waals surface area contributed by atoms with Crippen molar-refractivity contribution < 1.29 is 9.53 Å². The van der Waals surface area contributed by atoms with Crippen molar-refractivity contribution in [3.05, 3.63) is 53.4 Å². The highest BCUT2D eigenvalue weighted by molar-refractivity contribution is 6.06. The van der Waals surface area contributed by atoms with Crippen molar-refractivity contribution in [2.75, 3.05) is 0 Å². The molecule has 0 spiro atoms. The van der Waals surface area contributed by atoms with Crippen LogP contribution in [0.1, 0.15) is 35.3 Å². The maximum atomic E-state index is 12.0. The Morgan fingerprint density at radius 3 is 2.95 bits per heavy atom. The quantitative estimate of drug-likeness (QED) is 0.642. The molecular formula is C17H18N2O2. The van der Waals surface area contributed by atoms with E-state index in [1.165, 1.54) is 5.56 Å². The Hall–Kier alpha value is -2.36. The average molecular weight is 282 g/mol. The smallest absolute Gasteiger partial charge is 0.189 e. The summed E-state index contributed by atoms with van der Waals surface area (Å²) in [5.41, 5.74) is 2.65. The van der Waals surface area contributed by atoms with E-state index in [9.17, 15) is 4.79 Å². The second-order valence-electron chi connectivity index (χ2n) is 6.01. The summed E-state index contributed by atoms with van der Waals surface area (Å²) >= 11 is 0. The van der Waals surface area contributed by atoms with Gasteiger partial charge in [-0.2, -0.15) is 5.10 Å². The molecule has 1 aliphatic rings. The van der Waals surface area contributed by atoms with Gasteiger partial charge in [0, 0.05) is 19.7 Å². The molecule has 0 N–H and O–H groups in total. The van der Waals surface area contributed by atoms with E-state index in [2.05, 4.69) is 25.0 Å². The van der Waals surface area contributed by atoms with E-state index >= 15 is 0 Å². The summed E-state index contributed by atoms with van der Waals surface area (Å²) in [6.45, 7) is 4.16. The second-order valence-corrected chi connectivity index (χ2v) is 6.01. The molecule has 21 heavy (non-hydrogen) atoms. The maximum absolute atomic E-state index is 12.0. The van der Waals surface area contributed by atoms with Crippen molar-refractivity contribution in [2.45, 2.75) is 25.9 Å². The van der Waals surface area contributed by atoms with Crippen molar-refractivity contribution in [3.8, 4) is 5.75 Å². The molecule has 0 saturated heterocycles. The number of carbonyl (C=O) groups excluding carboxylic acids is 1. The molecule has 0 unspecified atom stereocenters. The van der Waals surface area contributed by atoms with E-state index in [-0.39, 0.29) is 11.4 Å². The van der Waals surface area contributed by atoms with Gasteiger partial charge in [0.05, 0.1) is 11.8 Å². The third kappa shape index (κ3) is 2.89. The first-order valence-corrected chi connectivity index (χ1v) is 6.96. The van der Waals surface area contributed by atoms with Gasteiger partial charge in [0.2, 0.25) is 0 Å². The van der Waals surface area contributed by atoms with Crippen molar-refractivity contribution in [3.63, 3.8) is 0 Å². The molecule has 0 atom stereocenters. The zero-order valence-electron chi connectivity index (χ0n) is 12.5. The van der Waals surface area contributed by atoms with Gasteiger partial charge in [-0.05, 0) is 43.2 Å². The van der Waals surface area contributed by atoms with E-state index in [1.54, 1.807) is 30.2 Å². The molecule has 3 rings (SSSR count). The first-order valence-electron chi connectivity index (χ1n) is 6.96. The second kappa shape index (κ2) is 4.88. The lowest BCUT2D eigenvalue weighted by Gasteiger charge is -2.16. The van der Waals surface area contributed by atoms with Gasteiger partial charge in [0.25, 0.3) is 0 Å². The van der Waals surface area contributed by atoms with Gasteiger partial charge in [-0.3, -0.25) is 9.48 Å². The van der Waals surface area contributed by atoms with E-state index in [1.807, 2.05) is 18.2 Å². The highest BCUT2D eigenvalue weighted by Crippen LogP contribution is 2.35. The Balaban J connectivity index is 1.77. The fraction of sp³-hybridized carbons (Fsp3) is 0.294. The number of aryl methyl sites for hydroxylation is 1. The number of hydrogen-bond donors (Lipinski definition) is 0. The van der Waals surface area contributed by atoms with Gasteiger partial charge in [-0.25, -0.2) is 0 Å². The standard InChI is InChI=1S/C17H18N2O2/c1-17(2)9-13-8-12(5-7-16(13)21-17)4-6-15(20)14-10-18-19(3)11-14/h4-8,10-11H,9H2,1-3H3/b6-4+. The van der Waals surface area contributed by atoms with Crippen LogP contribution in [0, 0.1) is 0 Å². The van der Waals surface area contributed by atoms with Crippen LogP contribution in [0.15, 0.2) is 36.7 Å². The summed E-state index contributed by atoms with van der Waals surface area (Å²) in [6.07, 6.45) is 7.60. The number of hydrogen-bond acceptors (Lipinski definition) is 3. The molecule has 1 aliphatic heterocycles. The van der Waals surface area contributed by atoms with Crippen LogP contribution in [0.5, 0.6) is 5.75 Å². The highest BCUT2D eigenvalue weighted by atomic mass is 16.5. The molecule has 0 radical (unpaired) electrons. The zero-order valence-corrected chi connectivity index (χ0v) is 12.5. The molecule has 1 aromatic carbocycles. The Morgan fingerprint density at radius 1 is 1.43 bits per heavy atom. The predicted molar refractivity (Wildman–Crippen MR) is 81.4 cm³/mol. The number of ether oxygens (including phenoxy) is 1. The van der Waals surface area contributed by atoms with Crippen molar-refractivity contribution in [1.82, 2.24) is 9.78 Å². The predicted octanol–water partition coefficient (Wildman–Crippen LogP) is 3.03. The van der Waals surface area contributed by atoms with Gasteiger partial charge in [0.1, 0.15) is 11.4 Å². The summed E-state index contributed by atoms with van der Waals surface area (Å²) in [6, 6.07) is 6.02. The van der Waals surface area contributed by atoms with Crippen molar-refractivity contribution >= 4 is 11.9 Å². The Labute approximate surface area is 124 Å². The molecule has 0 bridgehead atoms. The van der Waals surface area contributed by atoms with Crippen LogP contribution in [0.3, 0.4) is 0 Å². The molecule has 0 aliphatic carbocycles. The van der Waals surface area contributed by atoms with Crippen LogP contribution in [-0.4, -0.2) is 21.2 Å². The van der Waals surface area contributed by atoms with Crippen LogP contribution in [-0.2, 0) is 13.5 Å². The van der Waals surface area contributed by atoms with Crippen LogP contribution in [0.25, 0.3) is 6.08 Å². The van der Waals surface area contributed by atoms with Crippen molar-refractivity contribution in [1.29, 1.82) is 0 Å². The molecule has 2 heterocycles. The number of fused-ring (bicyclic) bond motifs is 1. The van der Waals surface area contributed by atoms with E-state index in [4.69, 9.17) is 4.74 Å². The van der Waals surface area contributed by atoms with Crippen LogP contribution >= 0.6 is 0 Å². The van der Waals surface area contributed by atoms with E-state index in [0.29, 0.717) is 5.56 Å². The Kier molecular flexibility index (Phi) is 3.16. The van der Waals surface area contributed by atoms with Gasteiger partial charge in [0.15, 0.2) is 5.78 Å². The Bertz CT molecular complexity index is 726. The average Bonchev–Trinajstić information content (AvgIpc) is 2.97. The van der Waals surface area contributed by atoms with Gasteiger partial charge < -0.3 is 4.74 Å². The third-order valence-corrected chi connectivity index (χ3v) is 3.50. The number of carbonyl (C=O) groups is 1. The minimum absolute atomic E-state index is 0.0415. The van der Waals surface area contributed by atoms with E-state index < -0.39 is 0 Å². The number of benzene rings is 1. The van der Waals surface area contributed by atoms with Crippen LogP contribution in [0.2, 0.25) is 0 Å². The topological polar surface area (TPSA) is 44.1 Å². The van der Waals surface area contributed by atoms with Gasteiger partial charge in [-0.1, -0.05) is 12.1 Å². The lowest BCUT2D eigenvalue weighted by molar-refractivity contribution is 0.104. The number of nitrogens with zero attached hydrogens (tertiary/aromatic N) is 2. The summed E-state index contributed by atoms with van der Waals surface area (Å²) in [4.78, 5) is 12.0. The number of aromatic nitrogens is 2. The minimum Gasteiger partial charge on any atom is -0.487 e. The lowest BCUT2D eigenvalue weighted by Crippen LogP contribution is -2.24. The molecule has 0 fully saturated rings. The molecule has 4 heteroatoms. The third-order valence-electron chi connectivity index (χ3n) is 3.50. The number of ketones is 1. The van der Waals surface area contributed by atoms with Crippen molar-refractivity contribution in [2.24, 2.45) is 7.05 Å². The van der Waals surface area contributed by atoms with Gasteiger partial charge >= 0.3 is 0 Å². The monoisotopic (exact) mass is 282 g/mol. The molecule has 4 nitrogen and oxygen atoms in total. The number of allylic oxidation sites excluding steroid dienone is 1. The molecule has 1 aromatic heterocycles. The summed E-state index contributed by atoms with van der Waals surface area (Å²) in [5, 5.41) is 4.00. The fourth-order valence-electron chi connectivity index (χ4n) is 2.55. The van der Waals surface area contributed by atoms with Gasteiger partial charge in [-0.15, -0.1) is 0 Å². The molecule has 0 amide bonds. The van der Waals surface area contributed by atoms with Crippen LogP contribution < -0.4 is 4.74 Å². The largest absolute Gasteiger partial charge is 0.487 e. The first-order chi connectivity index (χ1) is 9.93. The molecule has 2 aromatic rings. The normalized spacial score (nSPS) is 16.0. The summed E-state index contributed by atoms with van der Waals surface area (Å²) < 4.78 is 7.47. The fourth-order valence-corrected chi connectivity index (χ4v) is 2.55. The van der Waals surface area contributed by atoms with Crippen LogP contribution in [0.4, 0.5) is 0 Å². The Morgan fingerprint density at radius 2 is 2.24 bits per heavy atom. The molecular weight excluding hydrogens is 264 g/mol. The highest BCUT2D eigenvalue weighted by Gasteiger charge is 2.29. The summed E-state index contributed by atoms with van der Waals surface area (Å²) in [7, 11) is 1.79. The molecule has 108 valence electrons. The minimum atomic E-state index is -0.143. The SMILES string of the molecule is Cn1cc(C(=O)/C=C/c2ccc3c(c2)CC(C)(C)O3)cn1. The van der Waals surface area contributed by atoms with E-state index in [0.717, 1.165) is 17.7 Å². The summed E-state index contributed by atoms with van der Waals surface area (Å²) in [5.74, 6) is 0.899.